The lowest BCUT2D eigenvalue weighted by Crippen LogP contribution is -2.02. The number of carbonyl (C=O) groups is 1. The predicted octanol–water partition coefficient (Wildman–Crippen LogP) is 4.23. The number of hydrogen-bond donors (Lipinski definition) is 1. The molecule has 0 aliphatic rings. The molecule has 1 N–H and O–H groups in total. The Bertz CT molecular complexity index is 553. The van der Waals surface area contributed by atoms with E-state index in [0.29, 0.717) is 29.2 Å². The smallest absolute Gasteiger partial charge is 0.339 e. The molecule has 2 aromatic rings. The van der Waals surface area contributed by atoms with Gasteiger partial charge in [0.25, 0.3) is 0 Å². The van der Waals surface area contributed by atoms with E-state index in [-0.39, 0.29) is 0 Å². The minimum absolute atomic E-state index is 0.298. The predicted molar refractivity (Wildman–Crippen MR) is 74.3 cm³/mol. The van der Waals surface area contributed by atoms with Gasteiger partial charge in [-0.05, 0) is 17.9 Å². The summed E-state index contributed by atoms with van der Waals surface area (Å²) in [4.78, 5) is 11.5. The number of benzene rings is 1. The van der Waals surface area contributed by atoms with Gasteiger partial charge in [0.1, 0.15) is 11.3 Å². The number of carboxylic acid groups (broad SMARTS) is 1. The van der Waals surface area contributed by atoms with Gasteiger partial charge >= 0.3 is 5.97 Å². The molecular formula is C16H18O3. The van der Waals surface area contributed by atoms with Crippen molar-refractivity contribution in [2.24, 2.45) is 5.92 Å². The highest BCUT2D eigenvalue weighted by molar-refractivity contribution is 5.97. The Kier molecular flexibility index (Phi) is 4.05. The second-order valence-electron chi connectivity index (χ2n) is 5.05. The molecule has 0 amide bonds. The summed E-state index contributed by atoms with van der Waals surface area (Å²) in [5.41, 5.74) is 1.83. The lowest BCUT2D eigenvalue weighted by atomic mass is 9.99. The summed E-state index contributed by atoms with van der Waals surface area (Å²) < 4.78 is 5.48. The number of hydrogen-bond acceptors (Lipinski definition) is 2. The average molecular weight is 258 g/mol. The summed E-state index contributed by atoms with van der Waals surface area (Å²) in [5.74, 6) is 0.165. The van der Waals surface area contributed by atoms with Crippen LogP contribution in [0, 0.1) is 5.92 Å². The van der Waals surface area contributed by atoms with E-state index in [4.69, 9.17) is 4.42 Å². The molecule has 3 nitrogen and oxygen atoms in total. The van der Waals surface area contributed by atoms with Crippen molar-refractivity contribution in [2.45, 2.75) is 26.7 Å². The molecule has 0 atom stereocenters. The molecule has 1 aromatic carbocycles. The van der Waals surface area contributed by atoms with Crippen LogP contribution in [0.2, 0.25) is 0 Å². The van der Waals surface area contributed by atoms with Crippen LogP contribution in [0.25, 0.3) is 11.1 Å². The van der Waals surface area contributed by atoms with Gasteiger partial charge in [-0.15, -0.1) is 0 Å². The second kappa shape index (κ2) is 5.74. The van der Waals surface area contributed by atoms with Crippen LogP contribution in [0.1, 0.15) is 36.4 Å². The van der Waals surface area contributed by atoms with Gasteiger partial charge in [0.15, 0.2) is 0 Å². The molecule has 0 saturated carbocycles. The van der Waals surface area contributed by atoms with Crippen molar-refractivity contribution in [1.82, 2.24) is 0 Å². The number of rotatable bonds is 5. The van der Waals surface area contributed by atoms with E-state index in [1.165, 1.54) is 0 Å². The topological polar surface area (TPSA) is 50.4 Å². The van der Waals surface area contributed by atoms with Gasteiger partial charge in [-0.3, -0.25) is 0 Å². The van der Waals surface area contributed by atoms with Crippen LogP contribution in [0.4, 0.5) is 0 Å². The molecule has 0 bridgehead atoms. The van der Waals surface area contributed by atoms with Crippen molar-refractivity contribution in [3.8, 4) is 11.1 Å². The standard InChI is InChI=1S/C16H18O3/c1-11(2)8-9-14-15(16(17)18)13(10-19-14)12-6-4-3-5-7-12/h3-7,10-11H,8-9H2,1-2H3,(H,17,18). The Hall–Kier alpha value is -2.03. The Morgan fingerprint density at radius 2 is 1.95 bits per heavy atom. The van der Waals surface area contributed by atoms with E-state index in [2.05, 4.69) is 13.8 Å². The summed E-state index contributed by atoms with van der Waals surface area (Å²) >= 11 is 0. The molecule has 0 aliphatic heterocycles. The largest absolute Gasteiger partial charge is 0.478 e. The molecule has 1 heterocycles. The number of aromatic carboxylic acids is 1. The molecule has 0 aliphatic carbocycles. The zero-order valence-electron chi connectivity index (χ0n) is 11.2. The fourth-order valence-corrected chi connectivity index (χ4v) is 2.07. The normalized spacial score (nSPS) is 10.9. The van der Waals surface area contributed by atoms with Gasteiger partial charge < -0.3 is 9.52 Å². The van der Waals surface area contributed by atoms with E-state index in [1.54, 1.807) is 6.26 Å². The highest BCUT2D eigenvalue weighted by atomic mass is 16.4. The molecule has 0 radical (unpaired) electrons. The maximum absolute atomic E-state index is 11.5. The third-order valence-electron chi connectivity index (χ3n) is 3.11. The monoisotopic (exact) mass is 258 g/mol. The number of aryl methyl sites for hydroxylation is 1. The summed E-state index contributed by atoms with van der Waals surface area (Å²) in [6.45, 7) is 4.23. The van der Waals surface area contributed by atoms with Gasteiger partial charge in [-0.25, -0.2) is 4.79 Å². The molecule has 100 valence electrons. The Labute approximate surface area is 112 Å². The van der Waals surface area contributed by atoms with Crippen LogP contribution in [0.5, 0.6) is 0 Å². The number of carboxylic acids is 1. The van der Waals surface area contributed by atoms with Gasteiger partial charge in [-0.2, -0.15) is 0 Å². The third kappa shape index (κ3) is 3.05. The van der Waals surface area contributed by atoms with Crippen molar-refractivity contribution in [3.05, 3.63) is 47.9 Å². The van der Waals surface area contributed by atoms with E-state index in [0.717, 1.165) is 12.0 Å². The summed E-state index contributed by atoms with van der Waals surface area (Å²) in [6, 6.07) is 9.47. The molecule has 1 aromatic heterocycles. The Morgan fingerprint density at radius 3 is 2.53 bits per heavy atom. The van der Waals surface area contributed by atoms with E-state index in [1.807, 2.05) is 30.3 Å². The van der Waals surface area contributed by atoms with Crippen molar-refractivity contribution in [1.29, 1.82) is 0 Å². The molecule has 3 heteroatoms. The molecule has 19 heavy (non-hydrogen) atoms. The minimum atomic E-state index is -0.925. The molecular weight excluding hydrogens is 240 g/mol. The van der Waals surface area contributed by atoms with Crippen LogP contribution >= 0.6 is 0 Å². The SMILES string of the molecule is CC(C)CCc1occ(-c2ccccc2)c1C(=O)O. The lowest BCUT2D eigenvalue weighted by molar-refractivity contribution is 0.0695. The van der Waals surface area contributed by atoms with E-state index < -0.39 is 5.97 Å². The van der Waals surface area contributed by atoms with Crippen LogP contribution in [0.15, 0.2) is 41.0 Å². The highest BCUT2D eigenvalue weighted by Crippen LogP contribution is 2.29. The summed E-state index contributed by atoms with van der Waals surface area (Å²) in [6.07, 6.45) is 3.13. The fourth-order valence-electron chi connectivity index (χ4n) is 2.07. The summed E-state index contributed by atoms with van der Waals surface area (Å²) in [5, 5.41) is 9.40. The maximum Gasteiger partial charge on any atom is 0.339 e. The zero-order valence-corrected chi connectivity index (χ0v) is 11.2. The molecule has 0 unspecified atom stereocenters. The van der Waals surface area contributed by atoms with Crippen LogP contribution in [-0.4, -0.2) is 11.1 Å². The quantitative estimate of drug-likeness (QED) is 0.872. The Balaban J connectivity index is 2.38. The minimum Gasteiger partial charge on any atom is -0.478 e. The van der Waals surface area contributed by atoms with Crippen LogP contribution in [-0.2, 0) is 6.42 Å². The van der Waals surface area contributed by atoms with Gasteiger partial charge in [0.2, 0.25) is 0 Å². The molecule has 0 fully saturated rings. The van der Waals surface area contributed by atoms with Gasteiger partial charge in [-0.1, -0.05) is 44.2 Å². The first kappa shape index (κ1) is 13.4. The van der Waals surface area contributed by atoms with E-state index >= 15 is 0 Å². The van der Waals surface area contributed by atoms with E-state index in [9.17, 15) is 9.90 Å². The molecule has 0 spiro atoms. The summed E-state index contributed by atoms with van der Waals surface area (Å²) in [7, 11) is 0. The first-order chi connectivity index (χ1) is 9.09. The number of furan rings is 1. The first-order valence-corrected chi connectivity index (χ1v) is 6.48. The molecule has 2 rings (SSSR count). The van der Waals surface area contributed by atoms with Crippen molar-refractivity contribution in [3.63, 3.8) is 0 Å². The van der Waals surface area contributed by atoms with Crippen molar-refractivity contribution >= 4 is 5.97 Å². The second-order valence-corrected chi connectivity index (χ2v) is 5.05. The van der Waals surface area contributed by atoms with Gasteiger partial charge in [0, 0.05) is 12.0 Å². The van der Waals surface area contributed by atoms with Crippen LogP contribution in [0.3, 0.4) is 0 Å². The first-order valence-electron chi connectivity index (χ1n) is 6.48. The van der Waals surface area contributed by atoms with Gasteiger partial charge in [0.05, 0.1) is 6.26 Å². The van der Waals surface area contributed by atoms with Crippen molar-refractivity contribution < 1.29 is 14.3 Å². The highest BCUT2D eigenvalue weighted by Gasteiger charge is 2.21. The van der Waals surface area contributed by atoms with Crippen molar-refractivity contribution in [2.75, 3.05) is 0 Å². The average Bonchev–Trinajstić information content (AvgIpc) is 2.81. The third-order valence-corrected chi connectivity index (χ3v) is 3.11. The zero-order chi connectivity index (χ0) is 13.8. The fraction of sp³-hybridized carbons (Fsp3) is 0.312. The van der Waals surface area contributed by atoms with Crippen LogP contribution < -0.4 is 0 Å². The molecule has 0 saturated heterocycles. The lowest BCUT2D eigenvalue weighted by Gasteiger charge is -2.04. The maximum atomic E-state index is 11.5. The Morgan fingerprint density at radius 1 is 1.26 bits per heavy atom.